The number of rotatable bonds is 5. The molecule has 0 unspecified atom stereocenters. The van der Waals surface area contributed by atoms with E-state index in [1.54, 1.807) is 6.20 Å². The first-order valence-electron chi connectivity index (χ1n) is 8.88. The Morgan fingerprint density at radius 2 is 2.29 bits per heavy atom. The average molecular weight is 391 g/mol. The van der Waals surface area contributed by atoms with E-state index >= 15 is 0 Å². The predicted molar refractivity (Wildman–Crippen MR) is 105 cm³/mol. The van der Waals surface area contributed by atoms with Gasteiger partial charge in [0.05, 0.1) is 41.5 Å². The van der Waals surface area contributed by atoms with Crippen LogP contribution in [0.1, 0.15) is 11.4 Å². The molecule has 4 aromatic rings. The van der Waals surface area contributed by atoms with Crippen LogP contribution in [0.3, 0.4) is 0 Å². The van der Waals surface area contributed by atoms with E-state index in [0.717, 1.165) is 52.9 Å². The van der Waals surface area contributed by atoms with E-state index in [0.29, 0.717) is 5.82 Å². The first-order chi connectivity index (χ1) is 13.7. The maximum absolute atomic E-state index is 8.89. The van der Waals surface area contributed by atoms with Crippen LogP contribution in [0.4, 0.5) is 10.8 Å². The number of likely N-dealkylation sites (tertiary alicyclic amines) is 1. The summed E-state index contributed by atoms with van der Waals surface area (Å²) in [7, 11) is 0. The summed E-state index contributed by atoms with van der Waals surface area (Å²) in [4.78, 5) is 11.4. The summed E-state index contributed by atoms with van der Waals surface area (Å²) in [5.41, 5.74) is 4.54. The number of nitriles is 1. The zero-order valence-electron chi connectivity index (χ0n) is 15.1. The standard InChI is InChI=1S/C18H17N9S/c1-11-7-27-15(13-4-21-22-5-13)6-20-18(27)17(23-11)24-16-2-14(25-28-16)10-26-8-12(3-19)9-26/h2,4-7,12H,8-10H2,1H3,(H,21,22)(H,23,24). The lowest BCUT2D eigenvalue weighted by molar-refractivity contribution is 0.125. The molecule has 1 aliphatic rings. The lowest BCUT2D eigenvalue weighted by Gasteiger charge is -2.34. The predicted octanol–water partition coefficient (Wildman–Crippen LogP) is 2.58. The van der Waals surface area contributed by atoms with Gasteiger partial charge in [-0.3, -0.25) is 14.4 Å². The zero-order valence-corrected chi connectivity index (χ0v) is 15.9. The summed E-state index contributed by atoms with van der Waals surface area (Å²) in [6.45, 7) is 4.36. The minimum atomic E-state index is 0.158. The zero-order chi connectivity index (χ0) is 19.1. The maximum atomic E-state index is 8.89. The third-order valence-corrected chi connectivity index (χ3v) is 5.48. The Labute approximate surface area is 164 Å². The number of imidazole rings is 1. The van der Waals surface area contributed by atoms with E-state index in [-0.39, 0.29) is 5.92 Å². The van der Waals surface area contributed by atoms with Crippen LogP contribution in [0.5, 0.6) is 0 Å². The molecule has 0 amide bonds. The highest BCUT2D eigenvalue weighted by Gasteiger charge is 2.26. The highest BCUT2D eigenvalue weighted by atomic mass is 32.1. The molecule has 10 heteroatoms. The van der Waals surface area contributed by atoms with Crippen molar-refractivity contribution in [2.45, 2.75) is 13.5 Å². The van der Waals surface area contributed by atoms with Crippen molar-refractivity contribution in [1.29, 1.82) is 5.26 Å². The van der Waals surface area contributed by atoms with Crippen molar-refractivity contribution < 1.29 is 0 Å². The first-order valence-corrected chi connectivity index (χ1v) is 9.65. The molecule has 4 aromatic heterocycles. The van der Waals surface area contributed by atoms with Gasteiger partial charge in [0.25, 0.3) is 0 Å². The van der Waals surface area contributed by atoms with Crippen LogP contribution in [0, 0.1) is 24.2 Å². The van der Waals surface area contributed by atoms with Crippen molar-refractivity contribution in [3.05, 3.63) is 42.2 Å². The second kappa shape index (κ2) is 6.70. The Morgan fingerprint density at radius 1 is 1.39 bits per heavy atom. The fourth-order valence-electron chi connectivity index (χ4n) is 3.37. The average Bonchev–Trinajstić information content (AvgIpc) is 3.38. The lowest BCUT2D eigenvalue weighted by Crippen LogP contribution is -2.45. The Kier molecular flexibility index (Phi) is 4.03. The number of aryl methyl sites for hydroxylation is 1. The number of H-pyrrole nitrogens is 1. The SMILES string of the molecule is Cc1cn2c(-c3cn[nH]c3)cnc2c(Nc2cc(CN3CC(C#N)C3)ns2)n1. The fraction of sp³-hybridized carbons (Fsp3) is 0.278. The third-order valence-electron chi connectivity index (χ3n) is 4.73. The number of aromatic amines is 1. The summed E-state index contributed by atoms with van der Waals surface area (Å²) in [6.07, 6.45) is 7.40. The van der Waals surface area contributed by atoms with E-state index in [1.165, 1.54) is 11.5 Å². The smallest absolute Gasteiger partial charge is 0.180 e. The molecule has 0 spiro atoms. The van der Waals surface area contributed by atoms with Gasteiger partial charge in [0.2, 0.25) is 0 Å². The van der Waals surface area contributed by atoms with Gasteiger partial charge in [-0.1, -0.05) is 0 Å². The fourth-order valence-corrected chi connectivity index (χ4v) is 4.03. The Hall–Kier alpha value is -3.29. The van der Waals surface area contributed by atoms with Crippen LogP contribution in [-0.2, 0) is 6.54 Å². The highest BCUT2D eigenvalue weighted by Crippen LogP contribution is 2.28. The summed E-state index contributed by atoms with van der Waals surface area (Å²) < 4.78 is 6.53. The van der Waals surface area contributed by atoms with Crippen molar-refractivity contribution in [2.24, 2.45) is 5.92 Å². The van der Waals surface area contributed by atoms with Gasteiger partial charge in [-0.2, -0.15) is 14.7 Å². The van der Waals surface area contributed by atoms with Gasteiger partial charge < -0.3 is 5.32 Å². The van der Waals surface area contributed by atoms with E-state index in [1.807, 2.05) is 36.0 Å². The first kappa shape index (κ1) is 16.9. The minimum Gasteiger partial charge on any atom is -0.328 e. The Morgan fingerprint density at radius 3 is 3.07 bits per heavy atom. The van der Waals surface area contributed by atoms with Crippen LogP contribution >= 0.6 is 11.5 Å². The van der Waals surface area contributed by atoms with E-state index in [2.05, 4.69) is 40.8 Å². The molecule has 5 heterocycles. The van der Waals surface area contributed by atoms with Crippen LogP contribution in [-0.4, -0.2) is 46.9 Å². The van der Waals surface area contributed by atoms with Crippen molar-refractivity contribution >= 4 is 28.0 Å². The molecule has 0 saturated carbocycles. The number of anilines is 2. The number of nitrogens with one attached hydrogen (secondary N) is 2. The molecule has 0 aliphatic carbocycles. The van der Waals surface area contributed by atoms with Crippen molar-refractivity contribution in [3.8, 4) is 17.3 Å². The molecule has 28 heavy (non-hydrogen) atoms. The number of hydrogen-bond donors (Lipinski definition) is 2. The molecular weight excluding hydrogens is 374 g/mol. The normalized spacial score (nSPS) is 14.9. The van der Waals surface area contributed by atoms with Gasteiger partial charge in [-0.25, -0.2) is 9.97 Å². The quantitative estimate of drug-likeness (QED) is 0.538. The van der Waals surface area contributed by atoms with Crippen LogP contribution in [0.25, 0.3) is 16.9 Å². The molecule has 0 aromatic carbocycles. The van der Waals surface area contributed by atoms with Crippen LogP contribution < -0.4 is 5.32 Å². The largest absolute Gasteiger partial charge is 0.328 e. The van der Waals surface area contributed by atoms with Gasteiger partial charge in [0, 0.05) is 37.6 Å². The second-order valence-corrected chi connectivity index (χ2v) is 7.69. The highest BCUT2D eigenvalue weighted by molar-refractivity contribution is 7.10. The van der Waals surface area contributed by atoms with Gasteiger partial charge in [0.1, 0.15) is 5.00 Å². The molecule has 1 saturated heterocycles. The molecule has 0 bridgehead atoms. The summed E-state index contributed by atoms with van der Waals surface area (Å²) in [5.74, 6) is 0.851. The van der Waals surface area contributed by atoms with E-state index in [4.69, 9.17) is 5.26 Å². The Bertz CT molecular complexity index is 1160. The summed E-state index contributed by atoms with van der Waals surface area (Å²) in [6, 6.07) is 4.33. The maximum Gasteiger partial charge on any atom is 0.180 e. The van der Waals surface area contributed by atoms with Gasteiger partial charge in [-0.15, -0.1) is 0 Å². The lowest BCUT2D eigenvalue weighted by atomic mass is 10.0. The molecule has 140 valence electrons. The minimum absolute atomic E-state index is 0.158. The van der Waals surface area contributed by atoms with Gasteiger partial charge in [-0.05, 0) is 24.5 Å². The van der Waals surface area contributed by atoms with Crippen molar-refractivity contribution in [2.75, 3.05) is 18.4 Å². The molecule has 1 fully saturated rings. The molecule has 5 rings (SSSR count). The topological polar surface area (TPSA) is 111 Å². The molecular formula is C18H17N9S. The number of hydrogen-bond acceptors (Lipinski definition) is 8. The van der Waals surface area contributed by atoms with Crippen LogP contribution in [0.15, 0.2) is 30.9 Å². The number of nitrogens with zero attached hydrogens (tertiary/aromatic N) is 7. The van der Waals surface area contributed by atoms with Crippen molar-refractivity contribution in [1.82, 2.24) is 33.8 Å². The molecule has 9 nitrogen and oxygen atoms in total. The Balaban J connectivity index is 1.39. The molecule has 0 atom stereocenters. The number of fused-ring (bicyclic) bond motifs is 1. The second-order valence-electron chi connectivity index (χ2n) is 6.88. The van der Waals surface area contributed by atoms with Crippen molar-refractivity contribution in [3.63, 3.8) is 0 Å². The van der Waals surface area contributed by atoms with Gasteiger partial charge >= 0.3 is 0 Å². The van der Waals surface area contributed by atoms with Crippen LogP contribution in [0.2, 0.25) is 0 Å². The summed E-state index contributed by atoms with van der Waals surface area (Å²) >= 11 is 1.40. The molecule has 2 N–H and O–H groups in total. The summed E-state index contributed by atoms with van der Waals surface area (Å²) in [5, 5.41) is 20.0. The monoisotopic (exact) mass is 391 g/mol. The van der Waals surface area contributed by atoms with E-state index < -0.39 is 0 Å². The molecule has 0 radical (unpaired) electrons. The van der Waals surface area contributed by atoms with Gasteiger partial charge in [0.15, 0.2) is 11.5 Å². The molecule has 1 aliphatic heterocycles. The third kappa shape index (κ3) is 3.00. The van der Waals surface area contributed by atoms with E-state index in [9.17, 15) is 0 Å². The number of aromatic nitrogens is 6.